The van der Waals surface area contributed by atoms with Crippen molar-refractivity contribution in [1.29, 1.82) is 0 Å². The predicted octanol–water partition coefficient (Wildman–Crippen LogP) is 2.37. The maximum absolute atomic E-state index is 5.33. The molecule has 5 heteroatoms. The van der Waals surface area contributed by atoms with Crippen molar-refractivity contribution in [1.82, 2.24) is 9.97 Å². The van der Waals surface area contributed by atoms with Crippen LogP contribution in [0.2, 0.25) is 0 Å². The van der Waals surface area contributed by atoms with E-state index in [2.05, 4.69) is 41.4 Å². The monoisotopic (exact) mass is 238 g/mol. The molecule has 0 spiro atoms. The smallest absolute Gasteiger partial charge is 0.204 e. The third kappa shape index (κ3) is 3.22. The molecule has 2 unspecified atom stereocenters. The maximum atomic E-state index is 5.33. The molecule has 0 fully saturated rings. The molecule has 1 aromatic rings. The van der Waals surface area contributed by atoms with Crippen molar-refractivity contribution in [3.8, 4) is 5.75 Å². The van der Waals surface area contributed by atoms with Crippen LogP contribution in [0.15, 0.2) is 6.33 Å². The van der Waals surface area contributed by atoms with E-state index in [9.17, 15) is 0 Å². The number of hydrogen-bond acceptors (Lipinski definition) is 5. The number of methoxy groups -OCH3 is 1. The van der Waals surface area contributed by atoms with Gasteiger partial charge < -0.3 is 15.4 Å². The van der Waals surface area contributed by atoms with E-state index in [-0.39, 0.29) is 0 Å². The minimum absolute atomic E-state index is 0.341. The van der Waals surface area contributed by atoms with Gasteiger partial charge in [0.1, 0.15) is 6.33 Å². The molecule has 2 N–H and O–H groups in total. The first-order valence-electron chi connectivity index (χ1n) is 5.97. The lowest BCUT2D eigenvalue weighted by Gasteiger charge is -2.22. The summed E-state index contributed by atoms with van der Waals surface area (Å²) in [5, 5.41) is 6.36. The first kappa shape index (κ1) is 13.5. The highest BCUT2D eigenvalue weighted by Crippen LogP contribution is 2.29. The van der Waals surface area contributed by atoms with E-state index in [0.717, 1.165) is 12.2 Å². The SMILES string of the molecule is CCC(C)C(C)Nc1ncnc(NC)c1OC. The number of anilines is 2. The molecule has 2 atom stereocenters. The summed E-state index contributed by atoms with van der Waals surface area (Å²) in [6.07, 6.45) is 2.65. The molecular formula is C12H22N4O. The molecule has 5 nitrogen and oxygen atoms in total. The standard InChI is InChI=1S/C12H22N4O/c1-6-8(2)9(3)16-12-10(17-5)11(13-4)14-7-15-12/h7-9H,6H2,1-5H3,(H2,13,14,15,16). The van der Waals surface area contributed by atoms with Crippen molar-refractivity contribution in [3.63, 3.8) is 0 Å². The topological polar surface area (TPSA) is 59.1 Å². The average Bonchev–Trinajstić information content (AvgIpc) is 2.37. The van der Waals surface area contributed by atoms with E-state index in [1.165, 1.54) is 6.33 Å². The van der Waals surface area contributed by atoms with Gasteiger partial charge in [-0.3, -0.25) is 0 Å². The number of nitrogens with zero attached hydrogens (tertiary/aromatic N) is 2. The van der Waals surface area contributed by atoms with Gasteiger partial charge in [-0.25, -0.2) is 9.97 Å². The fraction of sp³-hybridized carbons (Fsp3) is 0.667. The Morgan fingerprint density at radius 3 is 2.47 bits per heavy atom. The molecule has 0 aliphatic rings. The molecule has 0 bridgehead atoms. The summed E-state index contributed by atoms with van der Waals surface area (Å²) >= 11 is 0. The summed E-state index contributed by atoms with van der Waals surface area (Å²) in [6.45, 7) is 6.54. The van der Waals surface area contributed by atoms with Crippen molar-refractivity contribution >= 4 is 11.6 Å². The molecule has 0 aliphatic carbocycles. The summed E-state index contributed by atoms with van der Waals surface area (Å²) in [5.41, 5.74) is 0. The van der Waals surface area contributed by atoms with E-state index in [1.807, 2.05) is 7.05 Å². The van der Waals surface area contributed by atoms with Crippen LogP contribution in [-0.2, 0) is 0 Å². The van der Waals surface area contributed by atoms with Crippen LogP contribution in [0.4, 0.5) is 11.6 Å². The van der Waals surface area contributed by atoms with Crippen molar-refractivity contribution in [3.05, 3.63) is 6.33 Å². The van der Waals surface area contributed by atoms with Gasteiger partial charge in [-0.05, 0) is 12.8 Å². The number of hydrogen-bond donors (Lipinski definition) is 2. The fourth-order valence-electron chi connectivity index (χ4n) is 1.56. The Morgan fingerprint density at radius 2 is 1.94 bits per heavy atom. The van der Waals surface area contributed by atoms with Crippen LogP contribution in [0.5, 0.6) is 5.75 Å². The Bertz CT molecular complexity index is 356. The number of ether oxygens (including phenoxy) is 1. The van der Waals surface area contributed by atoms with Crippen LogP contribution in [0, 0.1) is 5.92 Å². The lowest BCUT2D eigenvalue weighted by atomic mass is 10.0. The fourth-order valence-corrected chi connectivity index (χ4v) is 1.56. The Labute approximate surface area is 103 Å². The second-order valence-electron chi connectivity index (χ2n) is 4.17. The van der Waals surface area contributed by atoms with Gasteiger partial charge in [-0.15, -0.1) is 0 Å². The van der Waals surface area contributed by atoms with Crippen LogP contribution in [-0.4, -0.2) is 30.2 Å². The molecule has 0 radical (unpaired) electrons. The third-order valence-corrected chi connectivity index (χ3v) is 3.11. The van der Waals surface area contributed by atoms with E-state index >= 15 is 0 Å². The van der Waals surface area contributed by atoms with Gasteiger partial charge >= 0.3 is 0 Å². The summed E-state index contributed by atoms with van der Waals surface area (Å²) < 4.78 is 5.33. The second-order valence-corrected chi connectivity index (χ2v) is 4.17. The van der Waals surface area contributed by atoms with Gasteiger partial charge in [0.05, 0.1) is 7.11 Å². The number of rotatable bonds is 6. The highest BCUT2D eigenvalue weighted by atomic mass is 16.5. The molecule has 1 heterocycles. The summed E-state index contributed by atoms with van der Waals surface area (Å²) in [5.74, 6) is 2.67. The Hall–Kier alpha value is -1.52. The molecule has 0 saturated heterocycles. The van der Waals surface area contributed by atoms with E-state index < -0.39 is 0 Å². The maximum Gasteiger partial charge on any atom is 0.204 e. The van der Waals surface area contributed by atoms with Crippen LogP contribution < -0.4 is 15.4 Å². The van der Waals surface area contributed by atoms with E-state index in [0.29, 0.717) is 23.5 Å². The first-order chi connectivity index (χ1) is 8.13. The highest BCUT2D eigenvalue weighted by Gasteiger charge is 2.15. The van der Waals surface area contributed by atoms with Crippen LogP contribution in [0.3, 0.4) is 0 Å². The van der Waals surface area contributed by atoms with Crippen LogP contribution in [0.1, 0.15) is 27.2 Å². The largest absolute Gasteiger partial charge is 0.490 e. The lowest BCUT2D eigenvalue weighted by Crippen LogP contribution is -2.24. The summed E-state index contributed by atoms with van der Waals surface area (Å²) in [4.78, 5) is 8.34. The predicted molar refractivity (Wildman–Crippen MR) is 70.7 cm³/mol. The molecule has 96 valence electrons. The molecule has 0 amide bonds. The highest BCUT2D eigenvalue weighted by molar-refractivity contribution is 5.63. The molecule has 17 heavy (non-hydrogen) atoms. The van der Waals surface area contributed by atoms with Gasteiger partial charge in [0.25, 0.3) is 0 Å². The third-order valence-electron chi connectivity index (χ3n) is 3.11. The van der Waals surface area contributed by atoms with Crippen molar-refractivity contribution in [2.75, 3.05) is 24.8 Å². The molecule has 0 saturated carbocycles. The number of aromatic nitrogens is 2. The van der Waals surface area contributed by atoms with Crippen molar-refractivity contribution < 1.29 is 4.74 Å². The van der Waals surface area contributed by atoms with Crippen LogP contribution in [0.25, 0.3) is 0 Å². The van der Waals surface area contributed by atoms with Gasteiger partial charge in [0, 0.05) is 13.1 Å². The van der Waals surface area contributed by atoms with E-state index in [4.69, 9.17) is 4.74 Å². The molecule has 1 aromatic heterocycles. The van der Waals surface area contributed by atoms with Gasteiger partial charge in [-0.2, -0.15) is 0 Å². The quantitative estimate of drug-likeness (QED) is 0.796. The van der Waals surface area contributed by atoms with Crippen molar-refractivity contribution in [2.24, 2.45) is 5.92 Å². The zero-order valence-corrected chi connectivity index (χ0v) is 11.2. The molecular weight excluding hydrogens is 216 g/mol. The molecule has 0 aliphatic heterocycles. The second kappa shape index (κ2) is 6.27. The zero-order chi connectivity index (χ0) is 12.8. The Balaban J connectivity index is 2.90. The molecule has 1 rings (SSSR count). The van der Waals surface area contributed by atoms with Crippen LogP contribution >= 0.6 is 0 Å². The zero-order valence-electron chi connectivity index (χ0n) is 11.2. The van der Waals surface area contributed by atoms with Crippen molar-refractivity contribution in [2.45, 2.75) is 33.2 Å². The van der Waals surface area contributed by atoms with Gasteiger partial charge in [-0.1, -0.05) is 20.3 Å². The van der Waals surface area contributed by atoms with Gasteiger partial charge in [0.2, 0.25) is 5.75 Å². The Kier molecular flexibility index (Phi) is 5.00. The van der Waals surface area contributed by atoms with E-state index in [1.54, 1.807) is 7.11 Å². The Morgan fingerprint density at radius 1 is 1.29 bits per heavy atom. The summed E-state index contributed by atoms with van der Waals surface area (Å²) in [6, 6.07) is 0.341. The minimum Gasteiger partial charge on any atom is -0.490 e. The number of nitrogens with one attached hydrogen (secondary N) is 2. The normalized spacial score (nSPS) is 13.9. The lowest BCUT2D eigenvalue weighted by molar-refractivity contribution is 0.412. The minimum atomic E-state index is 0.341. The molecule has 0 aromatic carbocycles. The van der Waals surface area contributed by atoms with Gasteiger partial charge in [0.15, 0.2) is 11.6 Å². The summed E-state index contributed by atoms with van der Waals surface area (Å²) in [7, 11) is 3.44. The first-order valence-corrected chi connectivity index (χ1v) is 5.97. The average molecular weight is 238 g/mol.